The molecule has 1 saturated carbocycles. The van der Waals surface area contributed by atoms with Gasteiger partial charge in [-0.1, -0.05) is 0 Å². The molecule has 2 fully saturated rings. The molecule has 5 rings (SSSR count). The van der Waals surface area contributed by atoms with Gasteiger partial charge in [-0.3, -0.25) is 9.48 Å². The van der Waals surface area contributed by atoms with Gasteiger partial charge in [-0.25, -0.2) is 13.1 Å². The van der Waals surface area contributed by atoms with Gasteiger partial charge in [-0.15, -0.1) is 0 Å². The van der Waals surface area contributed by atoms with E-state index in [0.717, 1.165) is 18.9 Å². The minimum atomic E-state index is -3.78. The summed E-state index contributed by atoms with van der Waals surface area (Å²) in [6.07, 6.45) is 5.91. The highest BCUT2D eigenvalue weighted by molar-refractivity contribution is 7.92. The normalized spacial score (nSPS) is 18.0. The van der Waals surface area contributed by atoms with Gasteiger partial charge in [0.2, 0.25) is 0 Å². The van der Waals surface area contributed by atoms with Crippen LogP contribution >= 0.6 is 0 Å². The SMILES string of the molecule is Cn1ccc(NC(=O)C(CC2CCOCC2)n2ncc3c(S(=O)(=O)C4CC4)cc([N+](=O)[O-])nc32)n1. The molecule has 2 aliphatic rings. The van der Waals surface area contributed by atoms with Crippen LogP contribution in [0.5, 0.6) is 0 Å². The van der Waals surface area contributed by atoms with Crippen molar-refractivity contribution in [2.45, 2.75) is 48.3 Å². The zero-order valence-corrected chi connectivity index (χ0v) is 19.8. The zero-order valence-electron chi connectivity index (χ0n) is 19.0. The maximum absolute atomic E-state index is 13.4. The summed E-state index contributed by atoms with van der Waals surface area (Å²) in [5, 5.41) is 22.5. The van der Waals surface area contributed by atoms with Crippen molar-refractivity contribution in [3.63, 3.8) is 0 Å². The predicted octanol–water partition coefficient (Wildman–Crippen LogP) is 2.01. The third-order valence-electron chi connectivity index (χ3n) is 6.43. The van der Waals surface area contributed by atoms with Crippen LogP contribution in [0.2, 0.25) is 0 Å². The first-order valence-electron chi connectivity index (χ1n) is 11.4. The van der Waals surface area contributed by atoms with Gasteiger partial charge in [0.15, 0.2) is 15.7 Å². The van der Waals surface area contributed by atoms with Gasteiger partial charge in [-0.2, -0.15) is 10.2 Å². The van der Waals surface area contributed by atoms with Crippen molar-refractivity contribution in [1.82, 2.24) is 24.5 Å². The minimum Gasteiger partial charge on any atom is -0.381 e. The molecule has 1 N–H and O–H groups in total. The molecule has 0 aromatic carbocycles. The molecule has 0 spiro atoms. The van der Waals surface area contributed by atoms with E-state index in [1.165, 1.54) is 10.9 Å². The summed E-state index contributed by atoms with van der Waals surface area (Å²) >= 11 is 0. The molecule has 35 heavy (non-hydrogen) atoms. The van der Waals surface area contributed by atoms with Crippen LogP contribution in [0.15, 0.2) is 29.4 Å². The molecule has 1 saturated heterocycles. The lowest BCUT2D eigenvalue weighted by atomic mass is 9.92. The maximum Gasteiger partial charge on any atom is 0.367 e. The summed E-state index contributed by atoms with van der Waals surface area (Å²) in [6, 6.07) is 1.75. The number of sulfone groups is 1. The quantitative estimate of drug-likeness (QED) is 0.357. The fraction of sp³-hybridized carbons (Fsp3) is 0.524. The Labute approximate surface area is 200 Å². The molecule has 0 radical (unpaired) electrons. The van der Waals surface area contributed by atoms with Crippen molar-refractivity contribution in [1.29, 1.82) is 0 Å². The topological polar surface area (TPSA) is 164 Å². The van der Waals surface area contributed by atoms with Crippen molar-refractivity contribution >= 4 is 38.4 Å². The van der Waals surface area contributed by atoms with E-state index >= 15 is 0 Å². The molecule has 3 aromatic rings. The van der Waals surface area contributed by atoms with Crippen LogP contribution < -0.4 is 5.32 Å². The van der Waals surface area contributed by atoms with Gasteiger partial charge >= 0.3 is 5.82 Å². The molecule has 1 atom stereocenters. The first-order chi connectivity index (χ1) is 16.7. The third kappa shape index (κ3) is 4.62. The molecular formula is C21H25N7O6S. The van der Waals surface area contributed by atoms with Gasteiger partial charge in [0, 0.05) is 32.5 Å². The minimum absolute atomic E-state index is 0.00773. The summed E-state index contributed by atoms with van der Waals surface area (Å²) in [4.78, 5) is 28.3. The van der Waals surface area contributed by atoms with Crippen LogP contribution in [-0.4, -0.2) is 62.3 Å². The van der Waals surface area contributed by atoms with Crippen molar-refractivity contribution in [2.24, 2.45) is 13.0 Å². The number of nitro groups is 1. The number of rotatable bonds is 8. The van der Waals surface area contributed by atoms with Crippen LogP contribution in [0.25, 0.3) is 11.0 Å². The summed E-state index contributed by atoms with van der Waals surface area (Å²) in [5.74, 6) is -0.522. The summed E-state index contributed by atoms with van der Waals surface area (Å²) < 4.78 is 34.4. The monoisotopic (exact) mass is 503 g/mol. The van der Waals surface area contributed by atoms with Crippen LogP contribution in [0.3, 0.4) is 0 Å². The smallest absolute Gasteiger partial charge is 0.367 e. The number of anilines is 1. The lowest BCUT2D eigenvalue weighted by molar-refractivity contribution is -0.389. The molecule has 1 unspecified atom stereocenters. The number of aromatic nitrogens is 5. The predicted molar refractivity (Wildman–Crippen MR) is 123 cm³/mol. The third-order valence-corrected chi connectivity index (χ3v) is 8.73. The number of amides is 1. The van der Waals surface area contributed by atoms with Crippen molar-refractivity contribution in [3.05, 3.63) is 34.6 Å². The second-order valence-electron chi connectivity index (χ2n) is 8.98. The molecule has 186 valence electrons. The Morgan fingerprint density at radius 2 is 2.06 bits per heavy atom. The van der Waals surface area contributed by atoms with Crippen molar-refractivity contribution < 1.29 is 22.9 Å². The van der Waals surface area contributed by atoms with Gasteiger partial charge < -0.3 is 20.2 Å². The fourth-order valence-corrected chi connectivity index (χ4v) is 6.23. The van der Waals surface area contributed by atoms with Gasteiger partial charge in [-0.05, 0) is 47.9 Å². The van der Waals surface area contributed by atoms with E-state index in [9.17, 15) is 23.3 Å². The average molecular weight is 504 g/mol. The Morgan fingerprint density at radius 1 is 1.31 bits per heavy atom. The Morgan fingerprint density at radius 3 is 2.69 bits per heavy atom. The second kappa shape index (κ2) is 9.00. The van der Waals surface area contributed by atoms with Gasteiger partial charge in [0.25, 0.3) is 11.6 Å². The van der Waals surface area contributed by atoms with E-state index < -0.39 is 37.8 Å². The van der Waals surface area contributed by atoms with Crippen molar-refractivity contribution in [2.75, 3.05) is 18.5 Å². The number of fused-ring (bicyclic) bond motifs is 1. The van der Waals surface area contributed by atoms with Gasteiger partial charge in [0.1, 0.15) is 6.04 Å². The highest BCUT2D eigenvalue weighted by Gasteiger charge is 2.40. The number of carbonyl (C=O) groups is 1. The number of nitrogens with zero attached hydrogens (tertiary/aromatic N) is 6. The van der Waals surface area contributed by atoms with Gasteiger partial charge in [0.05, 0.1) is 27.8 Å². The van der Waals surface area contributed by atoms with E-state index in [1.807, 2.05) is 0 Å². The molecule has 4 heterocycles. The number of nitrogens with one attached hydrogen (secondary N) is 1. The number of hydrogen-bond donors (Lipinski definition) is 1. The van der Waals surface area contributed by atoms with Crippen LogP contribution in [-0.2, 0) is 26.4 Å². The molecule has 1 aliphatic heterocycles. The Hall–Kier alpha value is -3.39. The number of hydrogen-bond acceptors (Lipinski definition) is 9. The molecule has 1 aliphatic carbocycles. The van der Waals surface area contributed by atoms with E-state index in [0.29, 0.717) is 38.3 Å². The summed E-state index contributed by atoms with van der Waals surface area (Å²) in [7, 11) is -2.06. The highest BCUT2D eigenvalue weighted by Crippen LogP contribution is 2.38. The van der Waals surface area contributed by atoms with Crippen LogP contribution in [0, 0.1) is 16.0 Å². The largest absolute Gasteiger partial charge is 0.381 e. The molecule has 1 amide bonds. The number of pyridine rings is 1. The number of ether oxygens (including phenoxy) is 1. The number of aryl methyl sites for hydroxylation is 1. The van der Waals surface area contributed by atoms with Crippen LogP contribution in [0.1, 0.15) is 38.1 Å². The van der Waals surface area contributed by atoms with E-state index in [4.69, 9.17) is 4.74 Å². The standard InChI is InChI=1S/C21H25N7O6S/c1-26-7-4-18(25-26)23-21(29)16(10-13-5-8-34-9-6-13)27-20-15(12-22-27)17(11-19(24-20)28(30)31)35(32,33)14-2-3-14/h4,7,11-14,16H,2-3,5-6,8-10H2,1H3,(H,23,25,29). The molecule has 0 bridgehead atoms. The summed E-state index contributed by atoms with van der Waals surface area (Å²) in [5.41, 5.74) is -0.00773. The number of carbonyl (C=O) groups excluding carboxylic acids is 1. The fourth-order valence-electron chi connectivity index (χ4n) is 4.40. The Kier molecular flexibility index (Phi) is 6.01. The molecule has 13 nitrogen and oxygen atoms in total. The maximum atomic E-state index is 13.4. The Balaban J connectivity index is 1.60. The zero-order chi connectivity index (χ0) is 24.7. The van der Waals surface area contributed by atoms with E-state index in [2.05, 4.69) is 20.5 Å². The molecule has 14 heteroatoms. The van der Waals surface area contributed by atoms with E-state index in [1.54, 1.807) is 24.0 Å². The first kappa shape index (κ1) is 23.4. The van der Waals surface area contributed by atoms with Crippen molar-refractivity contribution in [3.8, 4) is 0 Å². The molecular weight excluding hydrogens is 478 g/mol. The average Bonchev–Trinajstić information content (AvgIpc) is 3.51. The lowest BCUT2D eigenvalue weighted by Gasteiger charge is -2.26. The lowest BCUT2D eigenvalue weighted by Crippen LogP contribution is -2.30. The second-order valence-corrected chi connectivity index (χ2v) is 11.2. The first-order valence-corrected chi connectivity index (χ1v) is 12.9. The van der Waals surface area contributed by atoms with Crippen LogP contribution in [0.4, 0.5) is 11.6 Å². The highest BCUT2D eigenvalue weighted by atomic mass is 32.2. The Bertz CT molecular complexity index is 1390. The molecule has 3 aromatic heterocycles. The van der Waals surface area contributed by atoms with E-state index in [-0.39, 0.29) is 21.8 Å². The summed E-state index contributed by atoms with van der Waals surface area (Å²) in [6.45, 7) is 1.15.